The normalized spacial score (nSPS) is 21.1. The van der Waals surface area contributed by atoms with Crippen molar-refractivity contribution in [3.8, 4) is 0 Å². The second kappa shape index (κ2) is 14.8. The number of benzene rings is 2. The molecule has 2 aliphatic rings. The number of aliphatic hydroxyl groups excluding tert-OH is 2. The fourth-order valence-corrected chi connectivity index (χ4v) is 5.40. The highest BCUT2D eigenvalue weighted by atomic mass is 16.6. The zero-order valence-electron chi connectivity index (χ0n) is 21.6. The average molecular weight is 497 g/mol. The number of piperidine rings is 2. The van der Waals surface area contributed by atoms with Crippen molar-refractivity contribution in [3.05, 3.63) is 71.8 Å². The van der Waals surface area contributed by atoms with E-state index < -0.39 is 24.4 Å². The molecule has 2 aromatic carbocycles. The lowest BCUT2D eigenvalue weighted by Gasteiger charge is -2.38. The second-order valence-corrected chi connectivity index (χ2v) is 10.4. The van der Waals surface area contributed by atoms with Crippen LogP contribution in [0.5, 0.6) is 0 Å². The van der Waals surface area contributed by atoms with Gasteiger partial charge in [0.05, 0.1) is 25.4 Å². The number of ether oxygens (including phenoxy) is 2. The summed E-state index contributed by atoms with van der Waals surface area (Å²) in [6.07, 6.45) is 4.33. The summed E-state index contributed by atoms with van der Waals surface area (Å²) in [6.45, 7) is 5.77. The molecular weight excluding hydrogens is 452 g/mol. The van der Waals surface area contributed by atoms with Gasteiger partial charge in [-0.1, -0.05) is 73.5 Å². The van der Waals surface area contributed by atoms with E-state index in [0.29, 0.717) is 26.3 Å². The van der Waals surface area contributed by atoms with Gasteiger partial charge < -0.3 is 29.5 Å². The molecule has 0 radical (unpaired) electrons. The van der Waals surface area contributed by atoms with Crippen LogP contribution in [0.3, 0.4) is 0 Å². The largest absolute Gasteiger partial charge is 0.389 e. The third-order valence-corrected chi connectivity index (χ3v) is 7.44. The molecule has 2 N–H and O–H groups in total. The molecule has 0 spiro atoms. The molecule has 198 valence electrons. The van der Waals surface area contributed by atoms with Crippen molar-refractivity contribution < 1.29 is 19.7 Å². The Morgan fingerprint density at radius 1 is 0.556 bits per heavy atom. The molecule has 6 heteroatoms. The third-order valence-electron chi connectivity index (χ3n) is 7.44. The standard InChI is InChI=1S/C30H44N2O4/c33-27(21-31-17-9-3-10-18-31)29(35-23-25-13-5-1-6-14-25)30(36-24-26-15-7-2-8-16-26)28(34)22-32-19-11-4-12-20-32/h1-2,5-8,13-16,27-30,33-34H,3-4,9-12,17-24H2/t27-,28-,29-,30-/m1/s1. The number of nitrogens with zero attached hydrogens (tertiary/aromatic N) is 2. The van der Waals surface area contributed by atoms with Crippen LogP contribution >= 0.6 is 0 Å². The lowest BCUT2D eigenvalue weighted by atomic mass is 9.99. The van der Waals surface area contributed by atoms with Crippen molar-refractivity contribution in [1.82, 2.24) is 9.80 Å². The van der Waals surface area contributed by atoms with Gasteiger partial charge in [0.15, 0.2) is 0 Å². The summed E-state index contributed by atoms with van der Waals surface area (Å²) in [4.78, 5) is 4.64. The van der Waals surface area contributed by atoms with Crippen LogP contribution in [0, 0.1) is 0 Å². The summed E-state index contributed by atoms with van der Waals surface area (Å²) < 4.78 is 12.8. The Kier molecular flexibility index (Phi) is 11.2. The van der Waals surface area contributed by atoms with Crippen LogP contribution in [0.15, 0.2) is 60.7 Å². The molecule has 2 heterocycles. The van der Waals surface area contributed by atoms with E-state index in [1.54, 1.807) is 0 Å². The maximum Gasteiger partial charge on any atom is 0.114 e. The first kappa shape index (κ1) is 27.2. The van der Waals surface area contributed by atoms with Gasteiger partial charge in [0.25, 0.3) is 0 Å². The first-order valence-corrected chi connectivity index (χ1v) is 13.8. The summed E-state index contributed by atoms with van der Waals surface area (Å²) in [6, 6.07) is 20.0. The van der Waals surface area contributed by atoms with E-state index >= 15 is 0 Å². The highest BCUT2D eigenvalue weighted by Gasteiger charge is 2.37. The number of rotatable bonds is 13. The molecule has 2 aliphatic heterocycles. The van der Waals surface area contributed by atoms with Crippen molar-refractivity contribution in [2.24, 2.45) is 0 Å². The van der Waals surface area contributed by atoms with Gasteiger partial charge in [-0.3, -0.25) is 0 Å². The van der Waals surface area contributed by atoms with Crippen LogP contribution in [0.25, 0.3) is 0 Å². The monoisotopic (exact) mass is 496 g/mol. The number of aliphatic hydroxyl groups is 2. The topological polar surface area (TPSA) is 65.4 Å². The summed E-state index contributed by atoms with van der Waals surface area (Å²) in [5.74, 6) is 0. The van der Waals surface area contributed by atoms with Gasteiger partial charge in [0.2, 0.25) is 0 Å². The van der Waals surface area contributed by atoms with Crippen molar-refractivity contribution in [1.29, 1.82) is 0 Å². The van der Waals surface area contributed by atoms with Gasteiger partial charge in [-0.2, -0.15) is 0 Å². The molecule has 4 rings (SSSR count). The number of likely N-dealkylation sites (tertiary alicyclic amines) is 2. The highest BCUT2D eigenvalue weighted by molar-refractivity contribution is 5.14. The van der Waals surface area contributed by atoms with E-state index in [4.69, 9.17) is 9.47 Å². The predicted octanol–water partition coefficient (Wildman–Crippen LogP) is 3.85. The fraction of sp³-hybridized carbons (Fsp3) is 0.600. The first-order valence-electron chi connectivity index (χ1n) is 13.8. The van der Waals surface area contributed by atoms with Crippen LogP contribution in [-0.4, -0.2) is 83.7 Å². The van der Waals surface area contributed by atoms with Gasteiger partial charge in [-0.15, -0.1) is 0 Å². The van der Waals surface area contributed by atoms with Crippen molar-refractivity contribution in [2.45, 2.75) is 76.2 Å². The summed E-state index contributed by atoms with van der Waals surface area (Å²) in [5.41, 5.74) is 2.08. The molecule has 0 saturated carbocycles. The van der Waals surface area contributed by atoms with E-state index in [0.717, 1.165) is 63.0 Å². The third kappa shape index (κ3) is 8.65. The average Bonchev–Trinajstić information content (AvgIpc) is 2.92. The van der Waals surface area contributed by atoms with Crippen LogP contribution in [-0.2, 0) is 22.7 Å². The van der Waals surface area contributed by atoms with Crippen LogP contribution < -0.4 is 0 Å². The maximum absolute atomic E-state index is 11.5. The molecule has 36 heavy (non-hydrogen) atoms. The van der Waals surface area contributed by atoms with Crippen LogP contribution in [0.4, 0.5) is 0 Å². The fourth-order valence-electron chi connectivity index (χ4n) is 5.40. The SMILES string of the molecule is O[C@H](CN1CCCCC1)[C@@H](OCc1ccccc1)[C@H](OCc1ccccc1)[C@H](O)CN1CCCCC1. The van der Waals surface area contributed by atoms with Crippen molar-refractivity contribution in [3.63, 3.8) is 0 Å². The van der Waals surface area contributed by atoms with Crippen LogP contribution in [0.1, 0.15) is 49.7 Å². The number of hydrogen-bond acceptors (Lipinski definition) is 6. The lowest BCUT2D eigenvalue weighted by Crippen LogP contribution is -2.54. The van der Waals surface area contributed by atoms with E-state index in [-0.39, 0.29) is 0 Å². The Hall–Kier alpha value is -1.80. The zero-order valence-corrected chi connectivity index (χ0v) is 21.6. The molecular formula is C30H44N2O4. The summed E-state index contributed by atoms with van der Waals surface area (Å²) in [7, 11) is 0. The first-order chi connectivity index (χ1) is 17.7. The Balaban J connectivity index is 1.51. The van der Waals surface area contributed by atoms with E-state index in [1.807, 2.05) is 60.7 Å². The Bertz CT molecular complexity index is 769. The number of hydrogen-bond donors (Lipinski definition) is 2. The molecule has 4 atom stereocenters. The van der Waals surface area contributed by atoms with Crippen LogP contribution in [0.2, 0.25) is 0 Å². The summed E-state index contributed by atoms with van der Waals surface area (Å²) >= 11 is 0. The quantitative estimate of drug-likeness (QED) is 0.439. The highest BCUT2D eigenvalue weighted by Crippen LogP contribution is 2.21. The second-order valence-electron chi connectivity index (χ2n) is 10.4. The Labute approximate surface area is 216 Å². The van der Waals surface area contributed by atoms with Gasteiger partial charge in [-0.05, 0) is 63.0 Å². The van der Waals surface area contributed by atoms with E-state index in [2.05, 4.69) is 9.80 Å². The molecule has 2 saturated heterocycles. The summed E-state index contributed by atoms with van der Waals surface area (Å²) in [5, 5.41) is 23.0. The zero-order chi connectivity index (χ0) is 25.0. The minimum atomic E-state index is -0.761. The minimum Gasteiger partial charge on any atom is -0.389 e. The minimum absolute atomic E-state index is 0.365. The molecule has 0 amide bonds. The van der Waals surface area contributed by atoms with Gasteiger partial charge in [0.1, 0.15) is 12.2 Å². The molecule has 6 nitrogen and oxygen atoms in total. The lowest BCUT2D eigenvalue weighted by molar-refractivity contribution is -0.172. The van der Waals surface area contributed by atoms with E-state index in [1.165, 1.54) is 12.8 Å². The smallest absolute Gasteiger partial charge is 0.114 e. The maximum atomic E-state index is 11.5. The Morgan fingerprint density at radius 3 is 1.28 bits per heavy atom. The molecule has 0 aromatic heterocycles. The van der Waals surface area contributed by atoms with Crippen molar-refractivity contribution in [2.75, 3.05) is 39.3 Å². The molecule has 0 unspecified atom stereocenters. The van der Waals surface area contributed by atoms with E-state index in [9.17, 15) is 10.2 Å². The molecule has 0 aliphatic carbocycles. The van der Waals surface area contributed by atoms with Gasteiger partial charge >= 0.3 is 0 Å². The Morgan fingerprint density at radius 2 is 0.917 bits per heavy atom. The van der Waals surface area contributed by atoms with Crippen molar-refractivity contribution >= 4 is 0 Å². The number of β-amino-alcohol motifs (C(OH)–C–C–N with tert-alkyl or cyclic N) is 2. The van der Waals surface area contributed by atoms with Gasteiger partial charge in [0, 0.05) is 13.1 Å². The molecule has 2 aromatic rings. The molecule has 0 bridgehead atoms. The predicted molar refractivity (Wildman–Crippen MR) is 143 cm³/mol. The van der Waals surface area contributed by atoms with Gasteiger partial charge in [-0.25, -0.2) is 0 Å². The molecule has 2 fully saturated rings.